The summed E-state index contributed by atoms with van der Waals surface area (Å²) in [7, 11) is -2.09. The highest BCUT2D eigenvalue weighted by Crippen LogP contribution is 2.14. The van der Waals surface area contributed by atoms with E-state index < -0.39 is 15.8 Å². The van der Waals surface area contributed by atoms with Crippen molar-refractivity contribution >= 4 is 10.0 Å². The van der Waals surface area contributed by atoms with Crippen molar-refractivity contribution in [1.82, 2.24) is 14.5 Å². The number of sulfonamides is 1. The average molecular weight is 283 g/mol. The molecule has 5 nitrogen and oxygen atoms in total. The Kier molecular flexibility index (Phi) is 3.68. The summed E-state index contributed by atoms with van der Waals surface area (Å²) in [5.41, 5.74) is 1.61. The molecule has 102 valence electrons. The molecule has 0 atom stereocenters. The highest BCUT2D eigenvalue weighted by atomic mass is 32.2. The van der Waals surface area contributed by atoms with Crippen LogP contribution in [0.3, 0.4) is 0 Å². The summed E-state index contributed by atoms with van der Waals surface area (Å²) >= 11 is 0. The first-order valence-corrected chi connectivity index (χ1v) is 7.12. The van der Waals surface area contributed by atoms with Gasteiger partial charge in [0.05, 0.1) is 6.20 Å². The highest BCUT2D eigenvalue weighted by Gasteiger charge is 2.18. The molecule has 0 aliphatic heterocycles. The zero-order chi connectivity index (χ0) is 14.0. The Hall–Kier alpha value is -1.73. The van der Waals surface area contributed by atoms with Crippen molar-refractivity contribution in [2.45, 2.75) is 18.4 Å². The molecule has 0 spiro atoms. The Balaban J connectivity index is 2.19. The number of nitrogens with zero attached hydrogens (tertiary/aromatic N) is 2. The van der Waals surface area contributed by atoms with Crippen molar-refractivity contribution in [2.24, 2.45) is 7.05 Å². The molecular weight excluding hydrogens is 269 g/mol. The number of benzene rings is 1. The minimum Gasteiger partial charge on any atom is -0.273 e. The standard InChI is InChI=1S/C12H14FN3O2S/c1-9-10(7-14-16(9)2)8-15-19(17,18)12-6-4-3-5-11(12)13/h3-7,15H,8H2,1-2H3. The van der Waals surface area contributed by atoms with Crippen LogP contribution in [-0.4, -0.2) is 18.2 Å². The SMILES string of the molecule is Cc1c(CNS(=O)(=O)c2ccccc2F)cnn1C. The second-order valence-corrected chi connectivity index (χ2v) is 5.87. The van der Waals surface area contributed by atoms with Crippen molar-refractivity contribution in [1.29, 1.82) is 0 Å². The summed E-state index contributed by atoms with van der Waals surface area (Å²) in [5.74, 6) is -0.766. The van der Waals surface area contributed by atoms with Crippen molar-refractivity contribution in [3.8, 4) is 0 Å². The predicted molar refractivity (Wildman–Crippen MR) is 68.4 cm³/mol. The molecule has 0 saturated heterocycles. The van der Waals surface area contributed by atoms with Crippen LogP contribution in [0.4, 0.5) is 4.39 Å². The normalized spacial score (nSPS) is 11.7. The fourth-order valence-corrected chi connectivity index (χ4v) is 2.71. The molecule has 0 saturated carbocycles. The van der Waals surface area contributed by atoms with Crippen LogP contribution in [0.25, 0.3) is 0 Å². The van der Waals surface area contributed by atoms with Gasteiger partial charge in [0.25, 0.3) is 0 Å². The van der Waals surface area contributed by atoms with Gasteiger partial charge in [-0.1, -0.05) is 12.1 Å². The Labute approximate surface area is 111 Å². The molecule has 7 heteroatoms. The van der Waals surface area contributed by atoms with Gasteiger partial charge < -0.3 is 0 Å². The lowest BCUT2D eigenvalue weighted by Crippen LogP contribution is -2.24. The molecule has 0 unspecified atom stereocenters. The summed E-state index contributed by atoms with van der Waals surface area (Å²) in [4.78, 5) is -0.350. The van der Waals surface area contributed by atoms with Gasteiger partial charge in [0.15, 0.2) is 0 Å². The molecule has 2 aromatic rings. The number of hydrogen-bond donors (Lipinski definition) is 1. The first kappa shape index (κ1) is 13.7. The van der Waals surface area contributed by atoms with E-state index in [-0.39, 0.29) is 11.4 Å². The molecule has 1 aromatic heterocycles. The summed E-state index contributed by atoms with van der Waals surface area (Å²) in [6.07, 6.45) is 1.58. The number of aryl methyl sites for hydroxylation is 1. The third-order valence-corrected chi connectivity index (χ3v) is 4.35. The van der Waals surface area contributed by atoms with Gasteiger partial charge in [-0.3, -0.25) is 4.68 Å². The summed E-state index contributed by atoms with van der Waals surface area (Å²) in [6.45, 7) is 1.91. The maximum Gasteiger partial charge on any atom is 0.243 e. The molecule has 0 bridgehead atoms. The molecule has 19 heavy (non-hydrogen) atoms. The topological polar surface area (TPSA) is 64.0 Å². The van der Waals surface area contributed by atoms with E-state index >= 15 is 0 Å². The van der Waals surface area contributed by atoms with Crippen LogP contribution < -0.4 is 4.72 Å². The van der Waals surface area contributed by atoms with Crippen LogP contribution in [0.15, 0.2) is 35.4 Å². The fourth-order valence-electron chi connectivity index (χ4n) is 1.63. The van der Waals surface area contributed by atoms with Gasteiger partial charge in [-0.15, -0.1) is 0 Å². The summed E-state index contributed by atoms with van der Waals surface area (Å²) < 4.78 is 41.4. The van der Waals surface area contributed by atoms with E-state index in [1.807, 2.05) is 6.92 Å². The molecule has 0 amide bonds. The zero-order valence-electron chi connectivity index (χ0n) is 10.6. The van der Waals surface area contributed by atoms with Crippen molar-refractivity contribution in [3.05, 3.63) is 47.5 Å². The quantitative estimate of drug-likeness (QED) is 0.921. The van der Waals surface area contributed by atoms with Crippen LogP contribution in [0.1, 0.15) is 11.3 Å². The highest BCUT2D eigenvalue weighted by molar-refractivity contribution is 7.89. The minimum absolute atomic E-state index is 0.0797. The van der Waals surface area contributed by atoms with Gasteiger partial charge in [0.1, 0.15) is 10.7 Å². The Morgan fingerprint density at radius 2 is 2.05 bits per heavy atom. The molecule has 0 radical (unpaired) electrons. The van der Waals surface area contributed by atoms with Crippen LogP contribution in [0.2, 0.25) is 0 Å². The van der Waals surface area contributed by atoms with E-state index in [4.69, 9.17) is 0 Å². The summed E-state index contributed by atoms with van der Waals surface area (Å²) in [5, 5.41) is 4.01. The lowest BCUT2D eigenvalue weighted by Gasteiger charge is -2.07. The zero-order valence-corrected chi connectivity index (χ0v) is 11.4. The maximum atomic E-state index is 13.5. The number of rotatable bonds is 4. The maximum absolute atomic E-state index is 13.5. The molecular formula is C12H14FN3O2S. The molecule has 1 heterocycles. The third kappa shape index (κ3) is 2.82. The van der Waals surface area contributed by atoms with Gasteiger partial charge >= 0.3 is 0 Å². The van der Waals surface area contributed by atoms with Crippen LogP contribution >= 0.6 is 0 Å². The molecule has 1 aromatic carbocycles. The number of nitrogens with one attached hydrogen (secondary N) is 1. The molecule has 2 rings (SSSR count). The molecule has 0 aliphatic rings. The fraction of sp³-hybridized carbons (Fsp3) is 0.250. The van der Waals surface area contributed by atoms with Crippen LogP contribution in [0, 0.1) is 12.7 Å². The lowest BCUT2D eigenvalue weighted by atomic mass is 10.3. The molecule has 1 N–H and O–H groups in total. The second-order valence-electron chi connectivity index (χ2n) is 4.13. The van der Waals surface area contributed by atoms with Gasteiger partial charge in [-0.25, -0.2) is 17.5 Å². The van der Waals surface area contributed by atoms with Gasteiger partial charge in [0, 0.05) is 24.8 Å². The van der Waals surface area contributed by atoms with E-state index in [1.165, 1.54) is 18.2 Å². The molecule has 0 fully saturated rings. The van der Waals surface area contributed by atoms with Gasteiger partial charge in [0.2, 0.25) is 10.0 Å². The predicted octanol–water partition coefficient (Wildman–Crippen LogP) is 1.35. The first-order valence-electron chi connectivity index (χ1n) is 5.63. The second kappa shape index (κ2) is 5.10. The Morgan fingerprint density at radius 1 is 1.37 bits per heavy atom. The smallest absolute Gasteiger partial charge is 0.243 e. The van der Waals surface area contributed by atoms with E-state index in [2.05, 4.69) is 9.82 Å². The number of hydrogen-bond acceptors (Lipinski definition) is 3. The van der Waals surface area contributed by atoms with Gasteiger partial charge in [-0.2, -0.15) is 5.10 Å². The van der Waals surface area contributed by atoms with E-state index in [1.54, 1.807) is 17.9 Å². The number of aromatic nitrogens is 2. The van der Waals surface area contributed by atoms with Gasteiger partial charge in [-0.05, 0) is 19.1 Å². The van der Waals surface area contributed by atoms with Crippen molar-refractivity contribution in [3.63, 3.8) is 0 Å². The Morgan fingerprint density at radius 3 is 2.63 bits per heavy atom. The average Bonchev–Trinajstić information content (AvgIpc) is 2.68. The van der Waals surface area contributed by atoms with Crippen molar-refractivity contribution in [2.75, 3.05) is 0 Å². The first-order chi connectivity index (χ1) is 8.92. The lowest BCUT2D eigenvalue weighted by molar-refractivity contribution is 0.556. The summed E-state index contributed by atoms with van der Waals surface area (Å²) in [6, 6.07) is 5.27. The van der Waals surface area contributed by atoms with E-state index in [9.17, 15) is 12.8 Å². The largest absolute Gasteiger partial charge is 0.273 e. The van der Waals surface area contributed by atoms with E-state index in [0.717, 1.165) is 17.3 Å². The van der Waals surface area contributed by atoms with E-state index in [0.29, 0.717) is 0 Å². The number of halogens is 1. The Bertz CT molecular complexity index is 695. The van der Waals surface area contributed by atoms with Crippen molar-refractivity contribution < 1.29 is 12.8 Å². The third-order valence-electron chi connectivity index (χ3n) is 2.92. The minimum atomic E-state index is -3.86. The monoisotopic (exact) mass is 283 g/mol. The molecule has 0 aliphatic carbocycles. The van der Waals surface area contributed by atoms with Crippen LogP contribution in [0.5, 0.6) is 0 Å². The van der Waals surface area contributed by atoms with Crippen LogP contribution in [-0.2, 0) is 23.6 Å².